The van der Waals surface area contributed by atoms with E-state index in [1.165, 1.54) is 41.7 Å². The van der Waals surface area contributed by atoms with Crippen LogP contribution in [0.1, 0.15) is 36.0 Å². The van der Waals surface area contributed by atoms with E-state index in [9.17, 15) is 0 Å². The Balaban J connectivity index is 1.55. The summed E-state index contributed by atoms with van der Waals surface area (Å²) in [6, 6.07) is 0. The summed E-state index contributed by atoms with van der Waals surface area (Å²) in [5.74, 6) is 2.97. The second kappa shape index (κ2) is 6.49. The molecule has 0 radical (unpaired) electrons. The maximum atomic E-state index is 5.48. The predicted molar refractivity (Wildman–Crippen MR) is 102 cm³/mol. The fourth-order valence-corrected chi connectivity index (χ4v) is 5.68. The Morgan fingerprint density at radius 3 is 2.84 bits per heavy atom. The molecule has 3 aliphatic rings. The van der Waals surface area contributed by atoms with Gasteiger partial charge in [-0.25, -0.2) is 9.97 Å². The largest absolute Gasteiger partial charge is 0.379 e. The van der Waals surface area contributed by atoms with Crippen molar-refractivity contribution < 1.29 is 4.74 Å². The van der Waals surface area contributed by atoms with Gasteiger partial charge in [0.25, 0.3) is 0 Å². The molecule has 0 N–H and O–H groups in total. The molecule has 25 heavy (non-hydrogen) atoms. The minimum Gasteiger partial charge on any atom is -0.379 e. The van der Waals surface area contributed by atoms with Crippen LogP contribution in [0.3, 0.4) is 0 Å². The van der Waals surface area contributed by atoms with Crippen molar-refractivity contribution in [1.29, 1.82) is 0 Å². The third kappa shape index (κ3) is 2.94. The first kappa shape index (κ1) is 16.0. The SMILES string of the molecule is CC1CCN(c2nc(CN3CCOCC3)nc3sc4c(c23)CCC4)C1. The number of hydrogen-bond donors (Lipinski definition) is 0. The van der Waals surface area contributed by atoms with Crippen LogP contribution in [0.15, 0.2) is 0 Å². The average molecular weight is 359 g/mol. The topological polar surface area (TPSA) is 41.5 Å². The molecule has 6 heteroatoms. The fraction of sp³-hybridized carbons (Fsp3) is 0.684. The van der Waals surface area contributed by atoms with E-state index >= 15 is 0 Å². The molecule has 0 saturated carbocycles. The number of morpholine rings is 1. The Kier molecular flexibility index (Phi) is 4.14. The minimum absolute atomic E-state index is 0.763. The monoisotopic (exact) mass is 358 g/mol. The Hall–Kier alpha value is -1.24. The lowest BCUT2D eigenvalue weighted by molar-refractivity contribution is 0.0331. The third-order valence-corrected chi connectivity index (χ3v) is 6.97. The molecule has 5 rings (SSSR count). The molecule has 2 fully saturated rings. The van der Waals surface area contributed by atoms with Crippen molar-refractivity contribution in [2.45, 2.75) is 39.2 Å². The van der Waals surface area contributed by atoms with Crippen LogP contribution in [0.2, 0.25) is 0 Å². The highest BCUT2D eigenvalue weighted by molar-refractivity contribution is 7.19. The number of nitrogens with zero attached hydrogens (tertiary/aromatic N) is 4. The molecule has 0 bridgehead atoms. The van der Waals surface area contributed by atoms with E-state index in [-0.39, 0.29) is 0 Å². The fourth-order valence-electron chi connectivity index (χ4n) is 4.41. The van der Waals surface area contributed by atoms with Crippen LogP contribution in [0.25, 0.3) is 10.2 Å². The molecule has 1 atom stereocenters. The van der Waals surface area contributed by atoms with Gasteiger partial charge in [-0.2, -0.15) is 0 Å². The highest BCUT2D eigenvalue weighted by Crippen LogP contribution is 2.41. The first-order chi connectivity index (χ1) is 12.3. The number of anilines is 1. The summed E-state index contributed by atoms with van der Waals surface area (Å²) in [4.78, 5) is 17.8. The van der Waals surface area contributed by atoms with Gasteiger partial charge in [0.1, 0.15) is 16.5 Å². The number of aromatic nitrogens is 2. The van der Waals surface area contributed by atoms with E-state index in [2.05, 4.69) is 16.7 Å². The van der Waals surface area contributed by atoms with Crippen molar-refractivity contribution >= 4 is 27.4 Å². The number of fused-ring (bicyclic) bond motifs is 3. The van der Waals surface area contributed by atoms with Gasteiger partial charge < -0.3 is 9.64 Å². The number of thiophene rings is 1. The average Bonchev–Trinajstić information content (AvgIpc) is 3.30. The lowest BCUT2D eigenvalue weighted by Gasteiger charge is -2.26. The van der Waals surface area contributed by atoms with Gasteiger partial charge >= 0.3 is 0 Å². The normalized spacial score (nSPS) is 24.4. The first-order valence-corrected chi connectivity index (χ1v) is 10.5. The summed E-state index contributed by atoms with van der Waals surface area (Å²) in [6.45, 7) is 9.08. The zero-order valence-corrected chi connectivity index (χ0v) is 15.8. The zero-order chi connectivity index (χ0) is 16.8. The molecular weight excluding hydrogens is 332 g/mol. The maximum Gasteiger partial charge on any atom is 0.146 e. The van der Waals surface area contributed by atoms with Crippen molar-refractivity contribution in [3.63, 3.8) is 0 Å². The summed E-state index contributed by atoms with van der Waals surface area (Å²) >= 11 is 1.92. The Labute approximate surface area is 153 Å². The molecule has 134 valence electrons. The third-order valence-electron chi connectivity index (χ3n) is 5.78. The molecule has 2 aliphatic heterocycles. The quantitative estimate of drug-likeness (QED) is 0.844. The van der Waals surface area contributed by atoms with Gasteiger partial charge in [-0.05, 0) is 37.2 Å². The predicted octanol–water partition coefficient (Wildman–Crippen LogP) is 2.86. The van der Waals surface area contributed by atoms with Crippen molar-refractivity contribution in [3.8, 4) is 0 Å². The molecular formula is C19H26N4OS. The molecule has 1 unspecified atom stereocenters. The highest BCUT2D eigenvalue weighted by Gasteiger charge is 2.28. The van der Waals surface area contributed by atoms with Crippen LogP contribution < -0.4 is 4.90 Å². The van der Waals surface area contributed by atoms with E-state index in [1.807, 2.05) is 11.3 Å². The Morgan fingerprint density at radius 1 is 1.16 bits per heavy atom. The molecule has 2 aromatic rings. The summed E-state index contributed by atoms with van der Waals surface area (Å²) in [5, 5.41) is 1.37. The van der Waals surface area contributed by atoms with E-state index in [1.54, 1.807) is 10.4 Å². The van der Waals surface area contributed by atoms with E-state index in [0.29, 0.717) is 0 Å². The maximum absolute atomic E-state index is 5.48. The lowest BCUT2D eigenvalue weighted by Crippen LogP contribution is -2.36. The summed E-state index contributed by atoms with van der Waals surface area (Å²) in [6.07, 6.45) is 5.00. The van der Waals surface area contributed by atoms with E-state index in [4.69, 9.17) is 14.7 Å². The standard InChI is InChI=1S/C19H26N4OS/c1-13-5-6-23(11-13)18-17-14-3-2-4-15(14)25-19(17)21-16(20-18)12-22-7-9-24-10-8-22/h13H,2-12H2,1H3. The second-order valence-corrected chi connectivity index (χ2v) is 8.81. The van der Waals surface area contributed by atoms with Crippen molar-refractivity contribution in [3.05, 3.63) is 16.3 Å². The molecule has 1 aliphatic carbocycles. The van der Waals surface area contributed by atoms with Crippen LogP contribution in [0.5, 0.6) is 0 Å². The van der Waals surface area contributed by atoms with Gasteiger partial charge in [0.2, 0.25) is 0 Å². The van der Waals surface area contributed by atoms with Crippen LogP contribution in [0.4, 0.5) is 5.82 Å². The first-order valence-electron chi connectivity index (χ1n) is 9.64. The van der Waals surface area contributed by atoms with Crippen molar-refractivity contribution in [1.82, 2.24) is 14.9 Å². The second-order valence-electron chi connectivity index (χ2n) is 7.73. The molecule has 2 aromatic heterocycles. The summed E-state index contributed by atoms with van der Waals surface area (Å²) < 4.78 is 5.48. The molecule has 4 heterocycles. The molecule has 0 spiro atoms. The van der Waals surface area contributed by atoms with Crippen LogP contribution in [-0.2, 0) is 24.1 Å². The number of rotatable bonds is 3. The molecule has 0 amide bonds. The Morgan fingerprint density at radius 2 is 2.04 bits per heavy atom. The van der Waals surface area contributed by atoms with Crippen LogP contribution in [-0.4, -0.2) is 54.3 Å². The smallest absolute Gasteiger partial charge is 0.146 e. The number of aryl methyl sites for hydroxylation is 2. The Bertz CT molecular complexity index is 783. The van der Waals surface area contributed by atoms with Crippen molar-refractivity contribution in [2.75, 3.05) is 44.3 Å². The van der Waals surface area contributed by atoms with E-state index in [0.717, 1.165) is 57.7 Å². The van der Waals surface area contributed by atoms with E-state index < -0.39 is 0 Å². The van der Waals surface area contributed by atoms with Gasteiger partial charge in [-0.15, -0.1) is 11.3 Å². The number of hydrogen-bond acceptors (Lipinski definition) is 6. The van der Waals surface area contributed by atoms with Gasteiger partial charge in [0.15, 0.2) is 0 Å². The van der Waals surface area contributed by atoms with Gasteiger partial charge in [-0.1, -0.05) is 6.92 Å². The minimum atomic E-state index is 0.763. The summed E-state index contributed by atoms with van der Waals surface area (Å²) in [7, 11) is 0. The van der Waals surface area contributed by atoms with Crippen molar-refractivity contribution in [2.24, 2.45) is 5.92 Å². The van der Waals surface area contributed by atoms with Gasteiger partial charge in [-0.3, -0.25) is 4.90 Å². The zero-order valence-electron chi connectivity index (χ0n) is 15.0. The molecule has 2 saturated heterocycles. The van der Waals surface area contributed by atoms with Crippen LogP contribution in [0, 0.1) is 5.92 Å². The summed E-state index contributed by atoms with van der Waals surface area (Å²) in [5.41, 5.74) is 1.55. The number of ether oxygens (including phenoxy) is 1. The molecule has 0 aromatic carbocycles. The molecule has 5 nitrogen and oxygen atoms in total. The van der Waals surface area contributed by atoms with Gasteiger partial charge in [0, 0.05) is 31.1 Å². The van der Waals surface area contributed by atoms with Gasteiger partial charge in [0.05, 0.1) is 25.1 Å². The van der Waals surface area contributed by atoms with Crippen LogP contribution >= 0.6 is 11.3 Å². The highest BCUT2D eigenvalue weighted by atomic mass is 32.1. The lowest BCUT2D eigenvalue weighted by atomic mass is 10.1.